The van der Waals surface area contributed by atoms with Crippen molar-refractivity contribution >= 4 is 80.4 Å². The van der Waals surface area contributed by atoms with E-state index in [2.05, 4.69) is 10.3 Å². The van der Waals surface area contributed by atoms with Gasteiger partial charge in [-0.15, -0.1) is 0 Å². The number of benzene rings is 2. The Bertz CT molecular complexity index is 947. The number of aromatic hydroxyl groups is 2. The number of nitrogens with one attached hydrogen (secondary N) is 1. The van der Waals surface area contributed by atoms with Gasteiger partial charge in [0, 0.05) is 11.6 Å². The van der Waals surface area contributed by atoms with Crippen LogP contribution in [0.1, 0.15) is 5.56 Å². The number of thioether (sulfide) groups is 1. The maximum absolute atomic E-state index is 12.1. The van der Waals surface area contributed by atoms with Crippen LogP contribution in [-0.2, 0) is 4.79 Å². The van der Waals surface area contributed by atoms with Gasteiger partial charge in [-0.25, -0.2) is 4.99 Å². The van der Waals surface area contributed by atoms with Crippen molar-refractivity contribution in [3.05, 3.63) is 54.4 Å². The molecular weight excluding hydrogens is 498 g/mol. The van der Waals surface area contributed by atoms with E-state index in [9.17, 15) is 15.0 Å². The molecule has 0 saturated carbocycles. The number of nitrogens with zero attached hydrogens (tertiary/aromatic N) is 1. The van der Waals surface area contributed by atoms with E-state index in [1.54, 1.807) is 24.3 Å². The molecule has 1 heterocycles. The smallest absolute Gasteiger partial charge is 0.264 e. The van der Waals surface area contributed by atoms with Gasteiger partial charge in [-0.05, 0) is 58.6 Å². The van der Waals surface area contributed by atoms with Gasteiger partial charge in [0.2, 0.25) is 0 Å². The Morgan fingerprint density at radius 2 is 1.96 bits per heavy atom. The summed E-state index contributed by atoms with van der Waals surface area (Å²) in [6.07, 6.45) is 1.53. The van der Waals surface area contributed by atoms with Crippen LogP contribution in [0.2, 0.25) is 10.0 Å². The highest BCUT2D eigenvalue weighted by atomic mass is 127. The number of halogens is 3. The number of phenols is 2. The molecule has 1 amide bonds. The van der Waals surface area contributed by atoms with E-state index in [4.69, 9.17) is 23.2 Å². The summed E-state index contributed by atoms with van der Waals surface area (Å²) in [4.78, 5) is 16.8. The van der Waals surface area contributed by atoms with Crippen LogP contribution in [0.3, 0.4) is 0 Å². The molecule has 1 saturated heterocycles. The van der Waals surface area contributed by atoms with Gasteiger partial charge in [-0.2, -0.15) is 0 Å². The lowest BCUT2D eigenvalue weighted by Crippen LogP contribution is -2.19. The van der Waals surface area contributed by atoms with Crippen molar-refractivity contribution in [3.8, 4) is 11.5 Å². The van der Waals surface area contributed by atoms with Crippen LogP contribution in [0.5, 0.6) is 11.5 Å². The van der Waals surface area contributed by atoms with Gasteiger partial charge in [0.1, 0.15) is 11.5 Å². The predicted molar refractivity (Wildman–Crippen MR) is 110 cm³/mol. The minimum atomic E-state index is -0.343. The van der Waals surface area contributed by atoms with E-state index >= 15 is 0 Å². The Morgan fingerprint density at radius 3 is 2.72 bits per heavy atom. The van der Waals surface area contributed by atoms with E-state index < -0.39 is 0 Å². The lowest BCUT2D eigenvalue weighted by atomic mass is 10.1. The molecule has 0 radical (unpaired) electrons. The average molecular weight is 507 g/mol. The van der Waals surface area contributed by atoms with Gasteiger partial charge in [0.25, 0.3) is 5.91 Å². The number of amides is 1. The molecule has 0 aromatic heterocycles. The number of carbonyl (C=O) groups excluding carboxylic acids is 1. The van der Waals surface area contributed by atoms with Crippen LogP contribution < -0.4 is 5.32 Å². The number of amidine groups is 1. The summed E-state index contributed by atoms with van der Waals surface area (Å²) in [5.74, 6) is -0.492. The van der Waals surface area contributed by atoms with Crippen LogP contribution in [0, 0.1) is 3.57 Å². The Kier molecular flexibility index (Phi) is 5.47. The minimum Gasteiger partial charge on any atom is -0.507 e. The molecule has 0 unspecified atom stereocenters. The summed E-state index contributed by atoms with van der Waals surface area (Å²) in [5.41, 5.74) is 0.863. The van der Waals surface area contributed by atoms with Crippen LogP contribution in [0.15, 0.2) is 40.2 Å². The van der Waals surface area contributed by atoms with Gasteiger partial charge in [-0.3, -0.25) is 4.79 Å². The summed E-state index contributed by atoms with van der Waals surface area (Å²) in [7, 11) is 0. The van der Waals surface area contributed by atoms with Gasteiger partial charge in [0.05, 0.1) is 24.2 Å². The van der Waals surface area contributed by atoms with E-state index in [0.717, 1.165) is 11.8 Å². The normalized spacial score (nSPS) is 17.3. The van der Waals surface area contributed by atoms with Crippen molar-refractivity contribution in [2.24, 2.45) is 4.99 Å². The zero-order chi connectivity index (χ0) is 18.1. The first-order valence-electron chi connectivity index (χ1n) is 6.80. The van der Waals surface area contributed by atoms with Crippen molar-refractivity contribution in [2.75, 3.05) is 0 Å². The number of aliphatic imine (C=N–C) groups is 1. The van der Waals surface area contributed by atoms with E-state index in [1.807, 2.05) is 22.6 Å². The molecule has 2 aromatic carbocycles. The van der Waals surface area contributed by atoms with E-state index in [1.165, 1.54) is 12.1 Å². The molecule has 3 rings (SSSR count). The topological polar surface area (TPSA) is 81.9 Å². The molecule has 1 fully saturated rings. The molecule has 3 N–H and O–H groups in total. The third-order valence-electron chi connectivity index (χ3n) is 3.19. The predicted octanol–water partition coefficient (Wildman–Crippen LogP) is 4.90. The molecule has 0 bridgehead atoms. The van der Waals surface area contributed by atoms with Gasteiger partial charge in [-0.1, -0.05) is 29.3 Å². The molecule has 0 aliphatic carbocycles. The second-order valence-electron chi connectivity index (χ2n) is 4.92. The summed E-state index contributed by atoms with van der Waals surface area (Å²) in [6, 6.07) is 7.85. The summed E-state index contributed by atoms with van der Waals surface area (Å²) in [5, 5.41) is 23.2. The molecule has 9 heteroatoms. The maximum atomic E-state index is 12.1. The van der Waals surface area contributed by atoms with Crippen molar-refractivity contribution in [2.45, 2.75) is 0 Å². The average Bonchev–Trinajstić information content (AvgIpc) is 2.89. The number of carbonyl (C=O) groups is 1. The van der Waals surface area contributed by atoms with Gasteiger partial charge >= 0.3 is 0 Å². The maximum Gasteiger partial charge on any atom is 0.264 e. The fourth-order valence-corrected chi connectivity index (χ4v) is 3.65. The zero-order valence-electron chi connectivity index (χ0n) is 12.3. The third-order valence-corrected chi connectivity index (χ3v) is 5.77. The second kappa shape index (κ2) is 7.45. The molecule has 5 nitrogen and oxygen atoms in total. The van der Waals surface area contributed by atoms with E-state index in [-0.39, 0.29) is 17.4 Å². The van der Waals surface area contributed by atoms with Crippen LogP contribution in [0.4, 0.5) is 5.69 Å². The second-order valence-corrected chi connectivity index (χ2v) is 7.90. The SMILES string of the molecule is O=C1NC(=Nc2cccc(Cl)c2Cl)S/C1=C\c1cc(I)c(O)cc1O. The highest BCUT2D eigenvalue weighted by molar-refractivity contribution is 14.1. The number of rotatable bonds is 2. The molecular formula is C16H9Cl2IN2O3S. The first-order valence-corrected chi connectivity index (χ1v) is 9.45. The molecule has 1 aliphatic heterocycles. The molecule has 1 aliphatic rings. The summed E-state index contributed by atoms with van der Waals surface area (Å²) >= 11 is 15.1. The number of hydrogen-bond donors (Lipinski definition) is 3. The van der Waals surface area contributed by atoms with Crippen molar-refractivity contribution in [1.29, 1.82) is 0 Å². The van der Waals surface area contributed by atoms with E-state index in [0.29, 0.717) is 34.9 Å². The number of hydrogen-bond acceptors (Lipinski definition) is 5. The fraction of sp³-hybridized carbons (Fsp3) is 0. The van der Waals surface area contributed by atoms with Crippen molar-refractivity contribution in [3.63, 3.8) is 0 Å². The first-order chi connectivity index (χ1) is 11.8. The van der Waals surface area contributed by atoms with Crippen molar-refractivity contribution in [1.82, 2.24) is 5.32 Å². The van der Waals surface area contributed by atoms with Crippen LogP contribution in [0.25, 0.3) is 6.08 Å². The quantitative estimate of drug-likeness (QED) is 0.399. The minimum absolute atomic E-state index is 0.0263. The molecule has 0 spiro atoms. The third kappa shape index (κ3) is 4.05. The fourth-order valence-electron chi connectivity index (χ4n) is 1.99. The summed E-state index contributed by atoms with van der Waals surface area (Å²) in [6.45, 7) is 0. The highest BCUT2D eigenvalue weighted by Crippen LogP contribution is 2.36. The number of phenolic OH excluding ortho intramolecular Hbond substituents is 2. The molecule has 0 atom stereocenters. The summed E-state index contributed by atoms with van der Waals surface area (Å²) < 4.78 is 0.560. The lowest BCUT2D eigenvalue weighted by Gasteiger charge is -2.03. The Labute approximate surface area is 170 Å². The Morgan fingerprint density at radius 1 is 1.20 bits per heavy atom. The lowest BCUT2D eigenvalue weighted by molar-refractivity contribution is -0.115. The largest absolute Gasteiger partial charge is 0.507 e. The molecule has 128 valence electrons. The van der Waals surface area contributed by atoms with Crippen molar-refractivity contribution < 1.29 is 15.0 Å². The van der Waals surface area contributed by atoms with Crippen LogP contribution in [-0.4, -0.2) is 21.3 Å². The van der Waals surface area contributed by atoms with Crippen LogP contribution >= 0.6 is 57.6 Å². The Balaban J connectivity index is 1.92. The highest BCUT2D eigenvalue weighted by Gasteiger charge is 2.24. The molecule has 25 heavy (non-hydrogen) atoms. The van der Waals surface area contributed by atoms with Gasteiger partial charge in [0.15, 0.2) is 5.17 Å². The van der Waals surface area contributed by atoms with Gasteiger partial charge < -0.3 is 15.5 Å². The monoisotopic (exact) mass is 506 g/mol. The standard InChI is InChI=1S/C16H9Cl2IN2O3S/c17-8-2-1-3-10(14(8)18)20-16-21-15(24)13(25-16)5-7-4-9(19)12(23)6-11(7)22/h1-6,22-23H,(H,20,21,24)/b13-5-. The zero-order valence-corrected chi connectivity index (χ0v) is 16.7. The first kappa shape index (κ1) is 18.4. The molecule has 2 aromatic rings. The Hall–Kier alpha value is -1.42.